The van der Waals surface area contributed by atoms with Crippen LogP contribution >= 0.6 is 0 Å². The molecule has 3 aromatic rings. The van der Waals surface area contributed by atoms with Gasteiger partial charge in [-0.25, -0.2) is 0 Å². The van der Waals surface area contributed by atoms with E-state index in [1.165, 1.54) is 0 Å². The van der Waals surface area contributed by atoms with Crippen molar-refractivity contribution in [3.05, 3.63) is 71.0 Å². The van der Waals surface area contributed by atoms with Crippen molar-refractivity contribution < 1.29 is 197 Å². The first-order chi connectivity index (χ1) is 43.8. The Balaban J connectivity index is -0.000000258. The second-order valence-electron chi connectivity index (χ2n) is 19.4. The van der Waals surface area contributed by atoms with Crippen molar-refractivity contribution in [3.63, 3.8) is 0 Å². The van der Waals surface area contributed by atoms with Gasteiger partial charge in [-0.3, -0.25) is 37.4 Å². The van der Waals surface area contributed by atoms with Gasteiger partial charge in [0.25, 0.3) is 0 Å². The number of halogens is 12. The Bertz CT molecular complexity index is 2820. The Morgan fingerprint density at radius 1 is 0.371 bits per heavy atom. The summed E-state index contributed by atoms with van der Waals surface area (Å²) in [5, 5.41) is 34.4. The molecule has 0 saturated carbocycles. The number of aliphatic hydroxyl groups excluding tert-OH is 3. The van der Waals surface area contributed by atoms with Crippen LogP contribution in [0.5, 0.6) is 0 Å². The molecule has 0 fully saturated rings. The molecule has 4 atom stereocenters. The number of hydrogen-bond acceptors (Lipinski definition) is 21. The SMILES string of the molecule is CCCCC(CC)C(=O)O.CCCCC(CC)C(=O)OCc1ccc(CO)o1.CCCCC(CC)C(=O)OCc1ccc(COC(=O)C(CC)CCCC)o1.O=S(=O)(O)C(F)(F)F.O=S(=O)(O)C(F)(F)F.O=S(=O)(O)C(F)(F)F.O=S(=O)(O)C(F)(F)F.OCc1ccc(CO)o1.[Hf]. The number of furan rings is 3. The van der Waals surface area contributed by atoms with Gasteiger partial charge in [0, 0.05) is 25.8 Å². The molecule has 0 aliphatic rings. The number of ether oxygens (including phenoxy) is 3. The molecule has 0 spiro atoms. The number of rotatable bonds is 29. The summed E-state index contributed by atoms with van der Waals surface area (Å²) in [6.07, 6.45) is 15.0. The average Bonchev–Trinajstić information content (AvgIpc) is 1.90. The smallest absolute Gasteiger partial charge is 0.481 e. The molecule has 0 radical (unpaired) electrons. The monoisotopic (exact) mass is 1690 g/mol. The molecule has 3 heterocycles. The van der Waals surface area contributed by atoms with E-state index in [1.807, 2.05) is 27.7 Å². The number of aliphatic carboxylic acids is 1. The number of alkyl halides is 12. The van der Waals surface area contributed by atoms with Crippen molar-refractivity contribution in [1.82, 2.24) is 0 Å². The Hall–Kier alpha value is -4.73. The van der Waals surface area contributed by atoms with E-state index in [-0.39, 0.29) is 107 Å². The molecular weight excluding hydrogens is 1600 g/mol. The number of esters is 3. The van der Waals surface area contributed by atoms with Crippen LogP contribution in [-0.4, -0.2) is 118 Å². The molecular formula is C54H86F12HfO26S4. The average molecular weight is 1690 g/mol. The van der Waals surface area contributed by atoms with E-state index in [0.717, 1.165) is 103 Å². The van der Waals surface area contributed by atoms with Crippen LogP contribution in [0.3, 0.4) is 0 Å². The third-order valence-corrected chi connectivity index (χ3v) is 14.1. The van der Waals surface area contributed by atoms with Crippen LogP contribution in [-0.2, 0) is 139 Å². The van der Waals surface area contributed by atoms with Crippen LogP contribution < -0.4 is 0 Å². The van der Waals surface area contributed by atoms with E-state index >= 15 is 0 Å². The minimum Gasteiger partial charge on any atom is -0.481 e. The zero-order chi connectivity index (χ0) is 76.1. The van der Waals surface area contributed by atoms with Crippen LogP contribution in [0.1, 0.15) is 193 Å². The summed E-state index contributed by atoms with van der Waals surface area (Å²) in [5.41, 5.74) is -22.1. The van der Waals surface area contributed by atoms with Gasteiger partial charge in [0.15, 0.2) is 0 Å². The van der Waals surface area contributed by atoms with Gasteiger partial charge in [-0.2, -0.15) is 86.4 Å². The van der Waals surface area contributed by atoms with E-state index in [1.54, 1.807) is 36.4 Å². The fourth-order valence-electron chi connectivity index (χ4n) is 6.31. The Kier molecular flexibility index (Phi) is 55.7. The van der Waals surface area contributed by atoms with Crippen molar-refractivity contribution in [3.8, 4) is 0 Å². The number of carbonyl (C=O) groups is 4. The number of aliphatic hydroxyl groups is 3. The Labute approximate surface area is 573 Å². The molecule has 0 aliphatic carbocycles. The summed E-state index contributed by atoms with van der Waals surface area (Å²) >= 11 is 0. The molecule has 43 heteroatoms. The summed E-state index contributed by atoms with van der Waals surface area (Å²) in [6.45, 7) is 16.4. The molecule has 0 amide bonds. The Morgan fingerprint density at radius 3 is 0.680 bits per heavy atom. The van der Waals surface area contributed by atoms with Crippen molar-refractivity contribution in [1.29, 1.82) is 0 Å². The van der Waals surface area contributed by atoms with Crippen LogP contribution in [0, 0.1) is 23.7 Å². The number of carboxylic acid groups (broad SMARTS) is 1. The molecule has 8 N–H and O–H groups in total. The Morgan fingerprint density at radius 2 is 0.536 bits per heavy atom. The third-order valence-electron chi connectivity index (χ3n) is 11.8. The number of carbonyl (C=O) groups excluding carboxylic acids is 3. The van der Waals surface area contributed by atoms with Gasteiger partial charge >= 0.3 is 86.4 Å². The van der Waals surface area contributed by atoms with Gasteiger partial charge in [0.05, 0.1) is 23.7 Å². The first kappa shape index (κ1) is 103. The van der Waals surface area contributed by atoms with Gasteiger partial charge in [-0.05, 0) is 87.8 Å². The molecule has 3 rings (SSSR count). The minimum atomic E-state index is -5.84. The molecule has 97 heavy (non-hydrogen) atoms. The molecule has 0 aromatic carbocycles. The molecule has 4 unspecified atom stereocenters. The van der Waals surface area contributed by atoms with Gasteiger partial charge in [0.2, 0.25) is 0 Å². The predicted molar refractivity (Wildman–Crippen MR) is 315 cm³/mol. The van der Waals surface area contributed by atoms with Gasteiger partial charge in [-0.15, -0.1) is 0 Å². The standard InChI is InChI=1S/C22H36O5.C14H22O4.C8H16O2.C6H8O3.4CHF3O3S.Hf/c1-5-9-11-17(7-3)21(23)25-15-19-13-14-20(27-19)16-26-22(24)18(8-4)12-10-6-2;1-3-5-6-11(4-2)14(16)17-10-13-8-7-12(9-15)18-13;1-3-5-6-7(4-2)8(9)10;7-3-5-1-2-6(4-8)9-5;4*2-1(3,4)8(5,6)7;/h13-14,17-18H,5-12,15-16H2,1-4H3;7-8,11,15H,3-6,9-10H2,1-2H3;7H,3-6H2,1-2H3,(H,9,10);1-2,7-8H,3-4H2;4*(H,5,6,7);. The van der Waals surface area contributed by atoms with E-state index in [0.29, 0.717) is 34.6 Å². The second kappa shape index (κ2) is 52.3. The molecule has 0 saturated heterocycles. The normalized spacial score (nSPS) is 12.9. The molecule has 570 valence electrons. The van der Waals surface area contributed by atoms with E-state index < -0.39 is 68.5 Å². The predicted octanol–water partition coefficient (Wildman–Crippen LogP) is 13.0. The fourth-order valence-corrected chi connectivity index (χ4v) is 6.31. The maximum Gasteiger partial charge on any atom is 0.522 e. The summed E-state index contributed by atoms with van der Waals surface area (Å²) in [6, 6.07) is 10.2. The van der Waals surface area contributed by atoms with Crippen LogP contribution in [0.4, 0.5) is 52.7 Å². The quantitative estimate of drug-likeness (QED) is 0.00799. The van der Waals surface area contributed by atoms with Crippen molar-refractivity contribution in [2.45, 2.75) is 220 Å². The summed E-state index contributed by atoms with van der Waals surface area (Å²) in [5.74, 6) is 1.80. The largest absolute Gasteiger partial charge is 0.522 e. The molecule has 3 aromatic heterocycles. The second-order valence-corrected chi connectivity index (χ2v) is 25.1. The van der Waals surface area contributed by atoms with Gasteiger partial charge < -0.3 is 47.9 Å². The maximum atomic E-state index is 12.1. The van der Waals surface area contributed by atoms with E-state index in [9.17, 15) is 71.9 Å². The van der Waals surface area contributed by atoms with E-state index in [4.69, 9.17) is 99.8 Å². The first-order valence-electron chi connectivity index (χ1n) is 28.8. The molecule has 26 nitrogen and oxygen atoms in total. The van der Waals surface area contributed by atoms with Gasteiger partial charge in [-0.1, -0.05) is 107 Å². The van der Waals surface area contributed by atoms with Gasteiger partial charge in [0.1, 0.15) is 74.2 Å². The topological polar surface area (TPSA) is 434 Å². The minimum absolute atomic E-state index is 0. The molecule has 0 bridgehead atoms. The first-order valence-corrected chi connectivity index (χ1v) is 34.5. The fraction of sp³-hybridized carbons (Fsp3) is 0.704. The summed E-state index contributed by atoms with van der Waals surface area (Å²) in [4.78, 5) is 46.5. The van der Waals surface area contributed by atoms with Crippen molar-refractivity contribution in [2.24, 2.45) is 23.7 Å². The number of unbranched alkanes of at least 4 members (excludes halogenated alkanes) is 4. The summed E-state index contributed by atoms with van der Waals surface area (Å²) in [7, 11) is -23.4. The number of hydrogen-bond donors (Lipinski definition) is 8. The zero-order valence-corrected chi connectivity index (χ0v) is 60.8. The maximum absolute atomic E-state index is 12.1. The number of carboxylic acids is 1. The van der Waals surface area contributed by atoms with Crippen LogP contribution in [0.15, 0.2) is 49.6 Å². The molecule has 0 aliphatic heterocycles. The van der Waals surface area contributed by atoms with Crippen molar-refractivity contribution >= 4 is 64.3 Å². The van der Waals surface area contributed by atoms with Crippen molar-refractivity contribution in [2.75, 3.05) is 0 Å². The zero-order valence-electron chi connectivity index (χ0n) is 53.9. The summed E-state index contributed by atoms with van der Waals surface area (Å²) < 4.78 is 262. The van der Waals surface area contributed by atoms with Crippen LogP contribution in [0.25, 0.3) is 0 Å². The van der Waals surface area contributed by atoms with E-state index in [2.05, 4.69) is 27.7 Å². The third kappa shape index (κ3) is 51.1. The van der Waals surface area contributed by atoms with Crippen LogP contribution in [0.2, 0.25) is 0 Å².